The molecule has 186 valence electrons. The fraction of sp³-hybridized carbons (Fsp3) is 0.615. The third kappa shape index (κ3) is 7.28. The lowest BCUT2D eigenvalue weighted by Crippen LogP contribution is -2.42. The first-order valence-corrected chi connectivity index (χ1v) is 12.9. The molecule has 7 nitrogen and oxygen atoms in total. The Bertz CT molecular complexity index is 901. The van der Waals surface area contributed by atoms with E-state index in [9.17, 15) is 0 Å². The maximum atomic E-state index is 6.55. The van der Waals surface area contributed by atoms with E-state index >= 15 is 0 Å². The van der Waals surface area contributed by atoms with Gasteiger partial charge in [0.2, 0.25) is 0 Å². The Morgan fingerprint density at radius 1 is 1.06 bits per heavy atom. The van der Waals surface area contributed by atoms with E-state index in [0.717, 1.165) is 87.5 Å². The number of ether oxygens (including phenoxy) is 2. The topological polar surface area (TPSA) is 80.3 Å². The molecule has 0 aromatic carbocycles. The lowest BCUT2D eigenvalue weighted by molar-refractivity contribution is 0.0699. The van der Waals surface area contributed by atoms with Crippen LogP contribution in [0.1, 0.15) is 45.4 Å². The molecule has 2 fully saturated rings. The zero-order valence-electron chi connectivity index (χ0n) is 20.4. The van der Waals surface area contributed by atoms with Gasteiger partial charge in [0, 0.05) is 74.7 Å². The first kappa shape index (κ1) is 25.2. The molecule has 1 unspecified atom stereocenters. The van der Waals surface area contributed by atoms with E-state index in [1.165, 1.54) is 0 Å². The number of hydrogen-bond donors (Lipinski definition) is 3. The Balaban J connectivity index is 1.34. The standard InChI is InChI=1S/C26H38ClN5O2/c1-18(17-33-2)31-21-3-5-22(6-4-21)32-26-12-24(25(27)16-30-26)20-11-23(15-28-14-20)29-13-19-7-9-34-10-8-19/h11-12,14-16,18-19,21-22,29,31H,3-10,13,17H2,1-2H3,(H,30,32). The molecule has 1 aliphatic carbocycles. The number of nitrogens with one attached hydrogen (secondary N) is 3. The van der Waals surface area contributed by atoms with Crippen LogP contribution in [-0.2, 0) is 9.47 Å². The van der Waals surface area contributed by atoms with Crippen molar-refractivity contribution in [3.63, 3.8) is 0 Å². The molecule has 0 bridgehead atoms. The largest absolute Gasteiger partial charge is 0.384 e. The molecule has 34 heavy (non-hydrogen) atoms. The van der Waals surface area contributed by atoms with Gasteiger partial charge in [0.1, 0.15) is 5.82 Å². The highest BCUT2D eigenvalue weighted by Crippen LogP contribution is 2.31. The van der Waals surface area contributed by atoms with Crippen molar-refractivity contribution in [2.24, 2.45) is 5.92 Å². The number of halogens is 1. The van der Waals surface area contributed by atoms with E-state index in [1.54, 1.807) is 13.3 Å². The number of rotatable bonds is 10. The number of methoxy groups -OCH3 is 1. The predicted molar refractivity (Wildman–Crippen MR) is 139 cm³/mol. The van der Waals surface area contributed by atoms with Gasteiger partial charge in [-0.15, -0.1) is 0 Å². The summed E-state index contributed by atoms with van der Waals surface area (Å²) in [7, 11) is 1.75. The van der Waals surface area contributed by atoms with Crippen molar-refractivity contribution in [1.29, 1.82) is 0 Å². The fourth-order valence-corrected chi connectivity index (χ4v) is 5.16. The molecule has 1 saturated heterocycles. The molecular formula is C26H38ClN5O2. The van der Waals surface area contributed by atoms with Gasteiger partial charge >= 0.3 is 0 Å². The molecule has 2 aromatic heterocycles. The SMILES string of the molecule is COCC(C)NC1CCC(Nc2cc(-c3cncc(NCC4CCOCC4)c3)c(Cl)cn2)CC1. The molecule has 1 aliphatic heterocycles. The maximum absolute atomic E-state index is 6.55. The minimum atomic E-state index is 0.385. The van der Waals surface area contributed by atoms with Crippen molar-refractivity contribution >= 4 is 23.1 Å². The molecule has 8 heteroatoms. The second-order valence-corrected chi connectivity index (χ2v) is 10.1. The third-order valence-electron chi connectivity index (χ3n) is 6.86. The van der Waals surface area contributed by atoms with Crippen LogP contribution in [-0.4, -0.2) is 61.6 Å². The van der Waals surface area contributed by atoms with E-state index in [4.69, 9.17) is 21.1 Å². The summed E-state index contributed by atoms with van der Waals surface area (Å²) in [4.78, 5) is 9.00. The van der Waals surface area contributed by atoms with Crippen LogP contribution in [0.3, 0.4) is 0 Å². The molecule has 2 aliphatic rings. The Morgan fingerprint density at radius 3 is 2.59 bits per heavy atom. The Kier molecular flexibility index (Phi) is 9.39. The molecule has 0 spiro atoms. The Morgan fingerprint density at radius 2 is 1.82 bits per heavy atom. The molecule has 3 heterocycles. The molecule has 2 aromatic rings. The summed E-state index contributed by atoms with van der Waals surface area (Å²) in [6.07, 6.45) is 12.2. The van der Waals surface area contributed by atoms with Crippen molar-refractivity contribution in [3.05, 3.63) is 35.7 Å². The summed E-state index contributed by atoms with van der Waals surface area (Å²) in [5, 5.41) is 11.5. The number of anilines is 2. The van der Waals surface area contributed by atoms with Crippen molar-refractivity contribution < 1.29 is 9.47 Å². The van der Waals surface area contributed by atoms with Gasteiger partial charge in [0.25, 0.3) is 0 Å². The summed E-state index contributed by atoms with van der Waals surface area (Å²) < 4.78 is 10.7. The Hall–Kier alpha value is -1.93. The molecule has 3 N–H and O–H groups in total. The van der Waals surface area contributed by atoms with E-state index < -0.39 is 0 Å². The predicted octanol–water partition coefficient (Wildman–Crippen LogP) is 4.98. The third-order valence-corrected chi connectivity index (χ3v) is 7.16. The smallest absolute Gasteiger partial charge is 0.126 e. The first-order valence-electron chi connectivity index (χ1n) is 12.5. The zero-order chi connectivity index (χ0) is 23.8. The fourth-order valence-electron chi connectivity index (χ4n) is 4.95. The lowest BCUT2D eigenvalue weighted by atomic mass is 9.90. The van der Waals surface area contributed by atoms with Gasteiger partial charge in [-0.05, 0) is 63.5 Å². The first-order chi connectivity index (χ1) is 16.6. The highest BCUT2D eigenvalue weighted by molar-refractivity contribution is 6.33. The van der Waals surface area contributed by atoms with Crippen molar-refractivity contribution in [2.75, 3.05) is 44.1 Å². The van der Waals surface area contributed by atoms with Gasteiger partial charge < -0.3 is 25.4 Å². The second-order valence-electron chi connectivity index (χ2n) is 9.66. The van der Waals surface area contributed by atoms with E-state index in [2.05, 4.69) is 38.9 Å². The molecule has 1 atom stereocenters. The van der Waals surface area contributed by atoms with Crippen LogP contribution in [0.25, 0.3) is 11.1 Å². The maximum Gasteiger partial charge on any atom is 0.126 e. The summed E-state index contributed by atoms with van der Waals surface area (Å²) >= 11 is 6.55. The van der Waals surface area contributed by atoms with Gasteiger partial charge in [-0.25, -0.2) is 4.98 Å². The van der Waals surface area contributed by atoms with Crippen LogP contribution in [0.2, 0.25) is 5.02 Å². The van der Waals surface area contributed by atoms with Crippen LogP contribution >= 0.6 is 11.6 Å². The van der Waals surface area contributed by atoms with Crippen LogP contribution in [0.15, 0.2) is 30.7 Å². The van der Waals surface area contributed by atoms with E-state index in [-0.39, 0.29) is 0 Å². The minimum Gasteiger partial charge on any atom is -0.384 e. The van der Waals surface area contributed by atoms with Crippen molar-refractivity contribution in [3.8, 4) is 11.1 Å². The molecule has 4 rings (SSSR count). The van der Waals surface area contributed by atoms with Crippen LogP contribution in [0, 0.1) is 5.92 Å². The van der Waals surface area contributed by atoms with Gasteiger partial charge in [-0.3, -0.25) is 4.98 Å². The van der Waals surface area contributed by atoms with Crippen LogP contribution < -0.4 is 16.0 Å². The van der Waals surface area contributed by atoms with Crippen molar-refractivity contribution in [1.82, 2.24) is 15.3 Å². The minimum absolute atomic E-state index is 0.385. The summed E-state index contributed by atoms with van der Waals surface area (Å²) in [6, 6.07) is 5.53. The quantitative estimate of drug-likeness (QED) is 0.436. The highest BCUT2D eigenvalue weighted by Gasteiger charge is 2.22. The molecule has 0 radical (unpaired) electrons. The van der Waals surface area contributed by atoms with Gasteiger partial charge in [-0.1, -0.05) is 11.6 Å². The molecule has 0 amide bonds. The van der Waals surface area contributed by atoms with Crippen LogP contribution in [0.4, 0.5) is 11.5 Å². The normalized spacial score (nSPS) is 22.3. The number of pyridine rings is 2. The Labute approximate surface area is 208 Å². The average molecular weight is 488 g/mol. The number of hydrogen-bond acceptors (Lipinski definition) is 7. The summed E-state index contributed by atoms with van der Waals surface area (Å²) in [5.41, 5.74) is 2.96. The molecular weight excluding hydrogens is 450 g/mol. The van der Waals surface area contributed by atoms with Gasteiger partial charge in [-0.2, -0.15) is 0 Å². The van der Waals surface area contributed by atoms with Crippen molar-refractivity contribution in [2.45, 2.75) is 63.6 Å². The van der Waals surface area contributed by atoms with E-state index in [1.807, 2.05) is 18.5 Å². The monoisotopic (exact) mass is 487 g/mol. The summed E-state index contributed by atoms with van der Waals surface area (Å²) in [5.74, 6) is 1.51. The number of nitrogens with zero attached hydrogens (tertiary/aromatic N) is 2. The van der Waals surface area contributed by atoms with Crippen LogP contribution in [0.5, 0.6) is 0 Å². The average Bonchev–Trinajstić information content (AvgIpc) is 2.86. The van der Waals surface area contributed by atoms with Gasteiger partial charge in [0.05, 0.1) is 17.3 Å². The second kappa shape index (κ2) is 12.7. The lowest BCUT2D eigenvalue weighted by Gasteiger charge is -2.32. The van der Waals surface area contributed by atoms with Gasteiger partial charge in [0.15, 0.2) is 0 Å². The van der Waals surface area contributed by atoms with E-state index in [0.29, 0.717) is 29.1 Å². The molecule has 1 saturated carbocycles. The number of aromatic nitrogens is 2. The zero-order valence-corrected chi connectivity index (χ0v) is 21.1. The summed E-state index contributed by atoms with van der Waals surface area (Å²) in [6.45, 7) is 5.58. The highest BCUT2D eigenvalue weighted by atomic mass is 35.5.